The van der Waals surface area contributed by atoms with Gasteiger partial charge in [-0.15, -0.1) is 0 Å². The zero-order valence-electron chi connectivity index (χ0n) is 1.32. The van der Waals surface area contributed by atoms with E-state index in [0.29, 0.717) is 0 Å². The molecule has 5 heavy (non-hydrogen) atoms. The number of hydrogen-bond donors (Lipinski definition) is 0. The second-order valence-electron chi connectivity index (χ2n) is 0.0833. The van der Waals surface area contributed by atoms with Crippen LogP contribution in [0.2, 0.25) is 0 Å². The Balaban J connectivity index is -0.0000000200. The van der Waals surface area contributed by atoms with Gasteiger partial charge in [-0.1, -0.05) is 7.43 Å². The van der Waals surface area contributed by atoms with Gasteiger partial charge in [0.05, 0.1) is 0 Å². The molecule has 0 saturated heterocycles. The molecule has 0 aliphatic heterocycles. The molecular weight excluding hydrogens is 100 g/mol. The Morgan fingerprint density at radius 2 is 1.20 bits per heavy atom. The predicted molar refractivity (Wildman–Crippen MR) is 25.2 cm³/mol. The molecule has 0 aliphatic carbocycles. The molecule has 0 atom stereocenters. The first-order chi connectivity index (χ1) is 1.41. The molecule has 2 nitrogen and oxygen atoms in total. The summed E-state index contributed by atoms with van der Waals surface area (Å²) in [5.41, 5.74) is 0. The first-order valence-corrected chi connectivity index (χ1v) is 1.22. The number of rotatable bonds is 0. The van der Waals surface area contributed by atoms with E-state index in [4.69, 9.17) is 8.92 Å². The van der Waals surface area contributed by atoms with Crippen LogP contribution in [0, 0.1) is 0 Å². The molecule has 0 aromatic heterocycles. The van der Waals surface area contributed by atoms with E-state index < -0.39 is 9.29 Å². The zero-order chi connectivity index (χ0) is 2.71. The summed E-state index contributed by atoms with van der Waals surface area (Å²) in [5.74, 6) is 0. The van der Waals surface area contributed by atoms with Gasteiger partial charge >= 0.3 is 9.29 Å². The van der Waals surface area contributed by atoms with Crippen molar-refractivity contribution < 1.29 is 8.92 Å². The summed E-state index contributed by atoms with van der Waals surface area (Å²) in [7, 11) is -1.42. The fraction of sp³-hybridized carbons (Fsp3) is 1.00. The topological polar surface area (TPSA) is 34.1 Å². The molecule has 0 radical (unpaired) electrons. The van der Waals surface area contributed by atoms with Crippen molar-refractivity contribution in [3.63, 3.8) is 0 Å². The number of hydrogen-bond acceptors (Lipinski definition) is 2. The van der Waals surface area contributed by atoms with Crippen LogP contribution < -0.4 is 0 Å². The largest absolute Gasteiger partial charge is 0.549 e. The van der Waals surface area contributed by atoms with Gasteiger partial charge in [-0.25, -0.2) is 0 Å². The van der Waals surface area contributed by atoms with Crippen LogP contribution in [0.15, 0.2) is 0 Å². The molecule has 0 N–H and O–H groups in total. The Morgan fingerprint density at radius 3 is 1.20 bits per heavy atom. The molecule has 0 saturated carbocycles. The van der Waals surface area contributed by atoms with Gasteiger partial charge in [0, 0.05) is 0 Å². The van der Waals surface area contributed by atoms with E-state index in [9.17, 15) is 0 Å². The summed E-state index contributed by atoms with van der Waals surface area (Å²) in [6, 6.07) is 0. The molecule has 4 heteroatoms. The van der Waals surface area contributed by atoms with E-state index in [-0.39, 0.29) is 18.4 Å². The standard InChI is InChI=1S/CH4.O2Si.H4Si/c;1-3-2;/h1H4;;1H4. The lowest BCUT2D eigenvalue weighted by molar-refractivity contribution is 0.497. The van der Waals surface area contributed by atoms with Gasteiger partial charge in [-0.3, -0.25) is 8.92 Å². The van der Waals surface area contributed by atoms with Gasteiger partial charge < -0.3 is 0 Å². The van der Waals surface area contributed by atoms with Gasteiger partial charge in [-0.2, -0.15) is 0 Å². The van der Waals surface area contributed by atoms with Crippen LogP contribution in [0.4, 0.5) is 0 Å². The Morgan fingerprint density at radius 1 is 1.20 bits per heavy atom. The predicted octanol–water partition coefficient (Wildman–Crippen LogP) is -1.43. The Labute approximate surface area is 37.5 Å². The van der Waals surface area contributed by atoms with Crippen molar-refractivity contribution in [2.45, 2.75) is 7.43 Å². The lowest BCUT2D eigenvalue weighted by Gasteiger charge is -0.944. The fourth-order valence-electron chi connectivity index (χ4n) is 0. The minimum absolute atomic E-state index is 0. The van der Waals surface area contributed by atoms with Gasteiger partial charge in [0.15, 0.2) is 0 Å². The SMILES string of the molecule is C.O=[Si]=O.[SiH4]. The highest BCUT2D eigenvalue weighted by molar-refractivity contribution is 5.94. The Bertz CT molecular complexity index is 28.6. The summed E-state index contributed by atoms with van der Waals surface area (Å²) >= 11 is 0. The first-order valence-electron chi connectivity index (χ1n) is 0.408. The van der Waals surface area contributed by atoms with E-state index in [1.54, 1.807) is 0 Å². The average molecular weight is 108 g/mol. The highest BCUT2D eigenvalue weighted by Gasteiger charge is 1.22. The molecule has 0 aliphatic rings. The van der Waals surface area contributed by atoms with Crippen LogP contribution in [0.25, 0.3) is 0 Å². The highest BCUT2D eigenvalue weighted by Crippen LogP contribution is 0.759. The third kappa shape index (κ3) is 14600. The van der Waals surface area contributed by atoms with Gasteiger partial charge in [0.1, 0.15) is 0 Å². The molecule has 0 aromatic rings. The molecule has 0 heterocycles. The van der Waals surface area contributed by atoms with Crippen molar-refractivity contribution >= 4 is 20.3 Å². The molecule has 0 spiro atoms. The quantitative estimate of drug-likeness (QED) is 0.356. The molecule has 0 fully saturated rings. The maximum absolute atomic E-state index is 8.40. The molecule has 0 bridgehead atoms. The third-order valence-corrected chi connectivity index (χ3v) is 0. The van der Waals surface area contributed by atoms with Crippen molar-refractivity contribution in [3.05, 3.63) is 0 Å². The minimum atomic E-state index is -1.42. The summed E-state index contributed by atoms with van der Waals surface area (Å²) < 4.78 is 16.8. The van der Waals surface area contributed by atoms with Crippen molar-refractivity contribution in [2.24, 2.45) is 0 Å². The zero-order valence-corrected chi connectivity index (χ0v) is 2.32. The van der Waals surface area contributed by atoms with Crippen LogP contribution in [0.3, 0.4) is 0 Å². The normalized spacial score (nSPS) is 1.60. The molecule has 32 valence electrons. The second kappa shape index (κ2) is 34.7. The van der Waals surface area contributed by atoms with Crippen molar-refractivity contribution in [1.29, 1.82) is 0 Å². The van der Waals surface area contributed by atoms with E-state index in [2.05, 4.69) is 0 Å². The van der Waals surface area contributed by atoms with E-state index >= 15 is 0 Å². The van der Waals surface area contributed by atoms with Crippen LogP contribution >= 0.6 is 0 Å². The fourth-order valence-corrected chi connectivity index (χ4v) is 0. The molecule has 0 rings (SSSR count). The highest BCUT2D eigenvalue weighted by atomic mass is 28.2. The van der Waals surface area contributed by atoms with Crippen LogP contribution in [-0.2, 0) is 8.92 Å². The summed E-state index contributed by atoms with van der Waals surface area (Å²) in [6.07, 6.45) is 0. The van der Waals surface area contributed by atoms with Crippen molar-refractivity contribution in [1.82, 2.24) is 0 Å². The second-order valence-corrected chi connectivity index (χ2v) is 0.250. The third-order valence-electron chi connectivity index (χ3n) is 0. The average Bonchev–Trinajstić information content (AvgIpc) is 0.918. The molecule has 0 amide bonds. The maximum Gasteiger partial charge on any atom is 0.549 e. The lowest BCUT2D eigenvalue weighted by Crippen LogP contribution is -1.26. The summed E-state index contributed by atoms with van der Waals surface area (Å²) in [4.78, 5) is 0. The Kier molecular flexibility index (Phi) is 138. The van der Waals surface area contributed by atoms with Crippen molar-refractivity contribution in [2.75, 3.05) is 0 Å². The molecule has 0 aromatic carbocycles. The molecular formula is CH8O2Si2. The summed E-state index contributed by atoms with van der Waals surface area (Å²) in [6.45, 7) is 0. The maximum atomic E-state index is 8.40. The van der Waals surface area contributed by atoms with Crippen LogP contribution in [-0.4, -0.2) is 20.3 Å². The van der Waals surface area contributed by atoms with Crippen LogP contribution in [0.1, 0.15) is 7.43 Å². The van der Waals surface area contributed by atoms with E-state index in [0.717, 1.165) is 0 Å². The Hall–Kier alpha value is 0.0338. The van der Waals surface area contributed by atoms with Gasteiger partial charge in [0.2, 0.25) is 0 Å². The van der Waals surface area contributed by atoms with Gasteiger partial charge in [0.25, 0.3) is 0 Å². The van der Waals surface area contributed by atoms with Crippen LogP contribution in [0.5, 0.6) is 0 Å². The summed E-state index contributed by atoms with van der Waals surface area (Å²) in [5, 5.41) is 0. The lowest BCUT2D eigenvalue weighted by atomic mass is 12.0. The van der Waals surface area contributed by atoms with Crippen molar-refractivity contribution in [3.8, 4) is 0 Å². The molecule has 0 unspecified atom stereocenters. The monoisotopic (exact) mass is 108 g/mol. The van der Waals surface area contributed by atoms with E-state index in [1.165, 1.54) is 0 Å². The van der Waals surface area contributed by atoms with E-state index in [1.807, 2.05) is 0 Å². The minimum Gasteiger partial charge on any atom is -0.274 e. The smallest absolute Gasteiger partial charge is 0.274 e. The first kappa shape index (κ1) is 19.8. The van der Waals surface area contributed by atoms with Gasteiger partial charge in [-0.05, 0) is 11.0 Å².